The number of halogens is 3. The van der Waals surface area contributed by atoms with Crippen LogP contribution >= 0.6 is 15.9 Å². The number of amides is 1. The number of benzene rings is 2. The predicted octanol–water partition coefficient (Wildman–Crippen LogP) is 4.22. The van der Waals surface area contributed by atoms with E-state index in [0.29, 0.717) is 0 Å². The average Bonchev–Trinajstić information content (AvgIpc) is 2.41. The number of rotatable bonds is 3. The van der Waals surface area contributed by atoms with Crippen molar-refractivity contribution in [3.63, 3.8) is 0 Å². The number of carbonyl (C=O) groups is 1. The molecule has 0 aliphatic heterocycles. The maximum Gasteiger partial charge on any atom is 0.254 e. The highest BCUT2D eigenvalue weighted by Gasteiger charge is 2.16. The molecular formula is C15H12BrF2NO. The van der Waals surface area contributed by atoms with Gasteiger partial charge in [-0.1, -0.05) is 28.1 Å². The fourth-order valence-electron chi connectivity index (χ4n) is 1.81. The molecule has 5 heteroatoms. The van der Waals surface area contributed by atoms with Gasteiger partial charge < -0.3 is 5.32 Å². The molecule has 0 unspecified atom stereocenters. The van der Waals surface area contributed by atoms with E-state index in [9.17, 15) is 13.6 Å². The molecule has 1 amide bonds. The molecule has 0 saturated heterocycles. The summed E-state index contributed by atoms with van der Waals surface area (Å²) in [4.78, 5) is 12.0. The van der Waals surface area contributed by atoms with Gasteiger partial charge in [0.05, 0.1) is 11.6 Å². The van der Waals surface area contributed by atoms with Crippen LogP contribution in [0, 0.1) is 11.6 Å². The van der Waals surface area contributed by atoms with Crippen molar-refractivity contribution < 1.29 is 13.6 Å². The Morgan fingerprint density at radius 1 is 1.20 bits per heavy atom. The third kappa shape index (κ3) is 3.42. The third-order valence-electron chi connectivity index (χ3n) is 2.87. The summed E-state index contributed by atoms with van der Waals surface area (Å²) in [5.74, 6) is -2.04. The van der Waals surface area contributed by atoms with Gasteiger partial charge >= 0.3 is 0 Å². The van der Waals surface area contributed by atoms with Crippen LogP contribution in [0.15, 0.2) is 46.9 Å². The molecule has 0 aliphatic carbocycles. The Hall–Kier alpha value is -1.75. The van der Waals surface area contributed by atoms with Crippen LogP contribution in [0.2, 0.25) is 0 Å². The predicted molar refractivity (Wildman–Crippen MR) is 76.4 cm³/mol. The molecule has 0 saturated carbocycles. The van der Waals surface area contributed by atoms with E-state index >= 15 is 0 Å². The van der Waals surface area contributed by atoms with Crippen LogP contribution in [-0.4, -0.2) is 5.91 Å². The fourth-order valence-corrected chi connectivity index (χ4v) is 2.22. The zero-order chi connectivity index (χ0) is 14.7. The van der Waals surface area contributed by atoms with Crippen molar-refractivity contribution in [1.29, 1.82) is 0 Å². The molecule has 2 aromatic carbocycles. The van der Waals surface area contributed by atoms with E-state index in [2.05, 4.69) is 21.2 Å². The molecule has 104 valence electrons. The standard InChI is InChI=1S/C15H12BrF2NO/c1-9(10-3-2-4-11(16)7-10)19-15(20)13-8-12(17)5-6-14(13)18/h2-9H,1H3,(H,19,20)/t9-/m1/s1. The largest absolute Gasteiger partial charge is 0.345 e. The summed E-state index contributed by atoms with van der Waals surface area (Å²) < 4.78 is 27.5. The first-order valence-electron chi connectivity index (χ1n) is 5.99. The Labute approximate surface area is 123 Å². The van der Waals surface area contributed by atoms with Gasteiger partial charge in [0.2, 0.25) is 0 Å². The smallest absolute Gasteiger partial charge is 0.254 e. The molecule has 2 aromatic rings. The lowest BCUT2D eigenvalue weighted by atomic mass is 10.1. The molecule has 1 atom stereocenters. The van der Waals surface area contributed by atoms with E-state index in [4.69, 9.17) is 0 Å². The minimum Gasteiger partial charge on any atom is -0.345 e. The van der Waals surface area contributed by atoms with Gasteiger partial charge in [0.1, 0.15) is 11.6 Å². The molecule has 0 bridgehead atoms. The van der Waals surface area contributed by atoms with Gasteiger partial charge in [0, 0.05) is 4.47 Å². The highest BCUT2D eigenvalue weighted by molar-refractivity contribution is 9.10. The molecule has 0 aliphatic rings. The third-order valence-corrected chi connectivity index (χ3v) is 3.36. The summed E-state index contributed by atoms with van der Waals surface area (Å²) in [7, 11) is 0. The quantitative estimate of drug-likeness (QED) is 0.891. The van der Waals surface area contributed by atoms with Crippen molar-refractivity contribution in [2.75, 3.05) is 0 Å². The highest BCUT2D eigenvalue weighted by atomic mass is 79.9. The van der Waals surface area contributed by atoms with Gasteiger partial charge in [-0.2, -0.15) is 0 Å². The van der Waals surface area contributed by atoms with Crippen molar-refractivity contribution in [2.45, 2.75) is 13.0 Å². The summed E-state index contributed by atoms with van der Waals surface area (Å²) in [6, 6.07) is 9.89. The molecule has 1 N–H and O–H groups in total. The maximum atomic E-state index is 13.5. The van der Waals surface area contributed by atoms with Crippen LogP contribution in [0.5, 0.6) is 0 Å². The Morgan fingerprint density at radius 3 is 2.65 bits per heavy atom. The first-order chi connectivity index (χ1) is 9.47. The SMILES string of the molecule is C[C@@H](NC(=O)c1cc(F)ccc1F)c1cccc(Br)c1. The van der Waals surface area contributed by atoms with Crippen molar-refractivity contribution in [2.24, 2.45) is 0 Å². The highest BCUT2D eigenvalue weighted by Crippen LogP contribution is 2.19. The van der Waals surface area contributed by atoms with Crippen molar-refractivity contribution in [3.8, 4) is 0 Å². The zero-order valence-electron chi connectivity index (χ0n) is 10.7. The summed E-state index contributed by atoms with van der Waals surface area (Å²) in [5, 5.41) is 2.64. The monoisotopic (exact) mass is 339 g/mol. The molecule has 0 radical (unpaired) electrons. The molecule has 0 fully saturated rings. The molecule has 20 heavy (non-hydrogen) atoms. The Bertz CT molecular complexity index is 646. The number of carbonyl (C=O) groups excluding carboxylic acids is 1. The van der Waals surface area contributed by atoms with Gasteiger partial charge in [0.15, 0.2) is 0 Å². The van der Waals surface area contributed by atoms with Crippen LogP contribution < -0.4 is 5.32 Å². The Balaban J connectivity index is 2.17. The van der Waals surface area contributed by atoms with Gasteiger partial charge in [-0.3, -0.25) is 4.79 Å². The van der Waals surface area contributed by atoms with Crippen LogP contribution in [0.4, 0.5) is 8.78 Å². The molecular weight excluding hydrogens is 328 g/mol. The second-order valence-electron chi connectivity index (χ2n) is 4.37. The average molecular weight is 340 g/mol. The van der Waals surface area contributed by atoms with E-state index in [1.807, 2.05) is 24.3 Å². The topological polar surface area (TPSA) is 29.1 Å². The summed E-state index contributed by atoms with van der Waals surface area (Å²) in [6.07, 6.45) is 0. The van der Waals surface area contributed by atoms with Crippen LogP contribution in [0.25, 0.3) is 0 Å². The summed E-state index contributed by atoms with van der Waals surface area (Å²) in [6.45, 7) is 1.77. The first-order valence-corrected chi connectivity index (χ1v) is 6.78. The van der Waals surface area contributed by atoms with Crippen LogP contribution in [-0.2, 0) is 0 Å². The van der Waals surface area contributed by atoms with Crippen molar-refractivity contribution in [1.82, 2.24) is 5.32 Å². The van der Waals surface area contributed by atoms with Crippen molar-refractivity contribution >= 4 is 21.8 Å². The van der Waals surface area contributed by atoms with E-state index in [0.717, 1.165) is 28.2 Å². The summed E-state index contributed by atoms with van der Waals surface area (Å²) >= 11 is 3.34. The Kier molecular flexibility index (Phi) is 4.49. The molecule has 0 heterocycles. The Morgan fingerprint density at radius 2 is 1.95 bits per heavy atom. The molecule has 0 spiro atoms. The fraction of sp³-hybridized carbons (Fsp3) is 0.133. The molecule has 2 nitrogen and oxygen atoms in total. The minimum absolute atomic E-state index is 0.299. The lowest BCUT2D eigenvalue weighted by molar-refractivity contribution is 0.0935. The normalized spacial score (nSPS) is 12.0. The number of nitrogens with one attached hydrogen (secondary N) is 1. The van der Waals surface area contributed by atoms with Gasteiger partial charge in [-0.15, -0.1) is 0 Å². The second kappa shape index (κ2) is 6.13. The van der Waals surface area contributed by atoms with E-state index < -0.39 is 17.5 Å². The number of hydrogen-bond donors (Lipinski definition) is 1. The summed E-state index contributed by atoms with van der Waals surface area (Å²) in [5.41, 5.74) is 0.566. The molecule has 2 rings (SSSR count). The lowest BCUT2D eigenvalue weighted by Crippen LogP contribution is -2.27. The maximum absolute atomic E-state index is 13.5. The molecule has 0 aromatic heterocycles. The zero-order valence-corrected chi connectivity index (χ0v) is 12.2. The minimum atomic E-state index is -0.745. The van der Waals surface area contributed by atoms with Crippen molar-refractivity contribution in [3.05, 3.63) is 69.7 Å². The van der Waals surface area contributed by atoms with E-state index in [-0.39, 0.29) is 11.6 Å². The van der Waals surface area contributed by atoms with Gasteiger partial charge in [-0.25, -0.2) is 8.78 Å². The van der Waals surface area contributed by atoms with Gasteiger partial charge in [-0.05, 0) is 42.8 Å². The first kappa shape index (κ1) is 14.7. The van der Waals surface area contributed by atoms with E-state index in [1.165, 1.54) is 0 Å². The lowest BCUT2D eigenvalue weighted by Gasteiger charge is -2.15. The van der Waals surface area contributed by atoms with Gasteiger partial charge in [0.25, 0.3) is 5.91 Å². The van der Waals surface area contributed by atoms with Crippen LogP contribution in [0.3, 0.4) is 0 Å². The number of hydrogen-bond acceptors (Lipinski definition) is 1. The van der Waals surface area contributed by atoms with E-state index in [1.54, 1.807) is 6.92 Å². The van der Waals surface area contributed by atoms with Crippen LogP contribution in [0.1, 0.15) is 28.9 Å². The second-order valence-corrected chi connectivity index (χ2v) is 5.29.